The highest BCUT2D eigenvalue weighted by atomic mass is 79.9. The van der Waals surface area contributed by atoms with E-state index >= 15 is 0 Å². The third kappa shape index (κ3) is 2.67. The number of alkyl halides is 2. The summed E-state index contributed by atoms with van der Waals surface area (Å²) in [5.74, 6) is 0. The molecule has 1 N–H and O–H groups in total. The minimum absolute atomic E-state index is 0.146. The molecule has 1 unspecified atom stereocenters. The van der Waals surface area contributed by atoms with Gasteiger partial charge in [-0.2, -0.15) is 0 Å². The molecular formula is C4H7Br2NO. The monoisotopic (exact) mass is 243 g/mol. The van der Waals surface area contributed by atoms with Crippen LogP contribution in [-0.2, 0) is 0 Å². The van der Waals surface area contributed by atoms with Gasteiger partial charge in [-0.3, -0.25) is 0 Å². The van der Waals surface area contributed by atoms with Crippen molar-refractivity contribution in [3.63, 3.8) is 0 Å². The van der Waals surface area contributed by atoms with E-state index in [1.807, 2.05) is 0 Å². The molecular weight excluding hydrogens is 238 g/mol. The second kappa shape index (κ2) is 4.32. The number of oxime groups is 1. The van der Waals surface area contributed by atoms with Gasteiger partial charge in [-0.15, -0.1) is 0 Å². The SMILES string of the molecule is C/C(=N\O)C(Br)CBr. The van der Waals surface area contributed by atoms with Crippen molar-refractivity contribution >= 4 is 37.6 Å². The Morgan fingerprint density at radius 2 is 2.38 bits per heavy atom. The van der Waals surface area contributed by atoms with Crippen molar-refractivity contribution in [2.45, 2.75) is 11.8 Å². The van der Waals surface area contributed by atoms with Gasteiger partial charge in [0.15, 0.2) is 0 Å². The van der Waals surface area contributed by atoms with E-state index in [0.717, 1.165) is 5.33 Å². The Bertz CT molecular complexity index is 94.0. The van der Waals surface area contributed by atoms with Crippen LogP contribution in [0.2, 0.25) is 0 Å². The van der Waals surface area contributed by atoms with Crippen LogP contribution in [0.1, 0.15) is 6.92 Å². The average molecular weight is 245 g/mol. The molecule has 0 radical (unpaired) electrons. The van der Waals surface area contributed by atoms with Crippen LogP contribution >= 0.6 is 31.9 Å². The van der Waals surface area contributed by atoms with E-state index in [4.69, 9.17) is 5.21 Å². The smallest absolute Gasteiger partial charge is 0.0684 e. The summed E-state index contributed by atoms with van der Waals surface area (Å²) >= 11 is 6.48. The Morgan fingerprint density at radius 3 is 2.50 bits per heavy atom. The van der Waals surface area contributed by atoms with Crippen LogP contribution < -0.4 is 0 Å². The fourth-order valence-electron chi connectivity index (χ4n) is 0.174. The predicted molar refractivity (Wildman–Crippen MR) is 41.4 cm³/mol. The highest BCUT2D eigenvalue weighted by Gasteiger charge is 2.03. The van der Waals surface area contributed by atoms with Gasteiger partial charge in [0.05, 0.1) is 10.5 Å². The van der Waals surface area contributed by atoms with Crippen molar-refractivity contribution in [3.05, 3.63) is 0 Å². The Morgan fingerprint density at radius 1 is 1.88 bits per heavy atom. The van der Waals surface area contributed by atoms with Crippen LogP contribution in [0, 0.1) is 0 Å². The molecule has 0 aliphatic carbocycles. The summed E-state index contributed by atoms with van der Waals surface area (Å²) < 4.78 is 0. The maximum atomic E-state index is 8.17. The molecule has 8 heavy (non-hydrogen) atoms. The lowest BCUT2D eigenvalue weighted by Crippen LogP contribution is -2.10. The van der Waals surface area contributed by atoms with E-state index < -0.39 is 0 Å². The van der Waals surface area contributed by atoms with Crippen LogP contribution in [0.25, 0.3) is 0 Å². The first kappa shape index (κ1) is 8.43. The first-order chi connectivity index (χ1) is 3.72. The average Bonchev–Trinajstić information content (AvgIpc) is 1.84. The van der Waals surface area contributed by atoms with Crippen molar-refractivity contribution in [1.29, 1.82) is 0 Å². The molecule has 0 fully saturated rings. The lowest BCUT2D eigenvalue weighted by molar-refractivity contribution is 0.318. The zero-order chi connectivity index (χ0) is 6.57. The summed E-state index contributed by atoms with van der Waals surface area (Å²) in [5.41, 5.74) is 0.682. The van der Waals surface area contributed by atoms with Crippen molar-refractivity contribution in [2.75, 3.05) is 5.33 Å². The molecule has 0 aliphatic rings. The molecule has 0 bridgehead atoms. The zero-order valence-corrected chi connectivity index (χ0v) is 7.61. The minimum Gasteiger partial charge on any atom is -0.411 e. The van der Waals surface area contributed by atoms with E-state index in [0.29, 0.717) is 5.71 Å². The number of rotatable bonds is 2. The molecule has 48 valence electrons. The van der Waals surface area contributed by atoms with E-state index in [-0.39, 0.29) is 4.83 Å². The van der Waals surface area contributed by atoms with Gasteiger partial charge in [0.25, 0.3) is 0 Å². The molecule has 0 aromatic rings. The maximum absolute atomic E-state index is 8.17. The van der Waals surface area contributed by atoms with Crippen LogP contribution in [0.5, 0.6) is 0 Å². The third-order valence-corrected chi connectivity index (χ3v) is 3.25. The largest absolute Gasteiger partial charge is 0.411 e. The van der Waals surface area contributed by atoms with Gasteiger partial charge < -0.3 is 5.21 Å². The summed E-state index contributed by atoms with van der Waals surface area (Å²) in [7, 11) is 0. The molecule has 2 nitrogen and oxygen atoms in total. The second-order valence-electron chi connectivity index (χ2n) is 1.36. The fraction of sp³-hybridized carbons (Fsp3) is 0.750. The maximum Gasteiger partial charge on any atom is 0.0684 e. The zero-order valence-electron chi connectivity index (χ0n) is 4.43. The standard InChI is InChI=1S/C4H7Br2NO/c1-3(7-8)4(6)2-5/h4,8H,2H2,1H3/b7-3+. The molecule has 4 heteroatoms. The highest BCUT2D eigenvalue weighted by Crippen LogP contribution is 2.04. The Balaban J connectivity index is 3.63. The van der Waals surface area contributed by atoms with Gasteiger partial charge in [-0.25, -0.2) is 0 Å². The Labute approximate surface area is 65.2 Å². The van der Waals surface area contributed by atoms with E-state index in [9.17, 15) is 0 Å². The minimum atomic E-state index is 0.146. The molecule has 0 amide bonds. The molecule has 0 aliphatic heterocycles. The number of nitrogens with zero attached hydrogens (tertiary/aromatic N) is 1. The van der Waals surface area contributed by atoms with Gasteiger partial charge in [0, 0.05) is 5.33 Å². The summed E-state index contributed by atoms with van der Waals surface area (Å²) in [5, 5.41) is 11.9. The third-order valence-electron chi connectivity index (χ3n) is 0.747. The number of hydrogen-bond acceptors (Lipinski definition) is 2. The van der Waals surface area contributed by atoms with Crippen molar-refractivity contribution in [3.8, 4) is 0 Å². The van der Waals surface area contributed by atoms with Gasteiger partial charge in [-0.1, -0.05) is 37.0 Å². The quantitative estimate of drug-likeness (QED) is 0.343. The highest BCUT2D eigenvalue weighted by molar-refractivity contribution is 9.12. The summed E-state index contributed by atoms with van der Waals surface area (Å²) in [6.07, 6.45) is 0. The van der Waals surface area contributed by atoms with Crippen molar-refractivity contribution in [2.24, 2.45) is 5.16 Å². The van der Waals surface area contributed by atoms with Crippen LogP contribution in [-0.4, -0.2) is 21.1 Å². The number of hydrogen-bond donors (Lipinski definition) is 1. The normalized spacial score (nSPS) is 16.1. The van der Waals surface area contributed by atoms with Crippen molar-refractivity contribution < 1.29 is 5.21 Å². The van der Waals surface area contributed by atoms with Crippen LogP contribution in [0.4, 0.5) is 0 Å². The van der Waals surface area contributed by atoms with Gasteiger partial charge >= 0.3 is 0 Å². The molecule has 0 saturated heterocycles. The predicted octanol–water partition coefficient (Wildman–Crippen LogP) is 1.99. The number of halogens is 2. The lowest BCUT2D eigenvalue weighted by Gasteiger charge is -1.99. The first-order valence-corrected chi connectivity index (χ1v) is 4.14. The molecule has 0 saturated carbocycles. The molecule has 0 spiro atoms. The molecule has 0 aromatic heterocycles. The van der Waals surface area contributed by atoms with E-state index in [1.165, 1.54) is 0 Å². The Hall–Kier alpha value is 0.430. The fourth-order valence-corrected chi connectivity index (χ4v) is 0.734. The topological polar surface area (TPSA) is 32.6 Å². The molecule has 0 heterocycles. The van der Waals surface area contributed by atoms with Crippen molar-refractivity contribution in [1.82, 2.24) is 0 Å². The molecule has 1 atom stereocenters. The first-order valence-electron chi connectivity index (χ1n) is 2.11. The summed E-state index contributed by atoms with van der Waals surface area (Å²) in [4.78, 5) is 0.146. The van der Waals surface area contributed by atoms with Crippen LogP contribution in [0.3, 0.4) is 0 Å². The van der Waals surface area contributed by atoms with Crippen LogP contribution in [0.15, 0.2) is 5.16 Å². The van der Waals surface area contributed by atoms with Gasteiger partial charge in [-0.05, 0) is 6.92 Å². The summed E-state index contributed by atoms with van der Waals surface area (Å²) in [6, 6.07) is 0. The van der Waals surface area contributed by atoms with E-state index in [1.54, 1.807) is 6.92 Å². The summed E-state index contributed by atoms with van der Waals surface area (Å²) in [6.45, 7) is 1.75. The van der Waals surface area contributed by atoms with Gasteiger partial charge in [0.2, 0.25) is 0 Å². The van der Waals surface area contributed by atoms with Gasteiger partial charge in [0.1, 0.15) is 0 Å². The lowest BCUT2D eigenvalue weighted by atomic mass is 10.3. The van der Waals surface area contributed by atoms with E-state index in [2.05, 4.69) is 37.0 Å². The Kier molecular flexibility index (Phi) is 4.56. The second-order valence-corrected chi connectivity index (χ2v) is 3.12. The molecule has 0 aromatic carbocycles. The molecule has 0 rings (SSSR count).